The molecule has 0 aromatic rings. The van der Waals surface area contributed by atoms with Crippen LogP contribution >= 0.6 is 0 Å². The topological polar surface area (TPSA) is 74.6 Å². The Bertz CT molecular complexity index is 255. The van der Waals surface area contributed by atoms with Crippen LogP contribution in [0.25, 0.3) is 0 Å². The van der Waals surface area contributed by atoms with E-state index >= 15 is 0 Å². The predicted octanol–water partition coefficient (Wildman–Crippen LogP) is 3.69. The van der Waals surface area contributed by atoms with Crippen molar-refractivity contribution in [1.29, 1.82) is 0 Å². The highest BCUT2D eigenvalue weighted by Gasteiger charge is 2.35. The van der Waals surface area contributed by atoms with Crippen LogP contribution in [-0.2, 0) is 9.59 Å². The smallest absolute Gasteiger partial charge is 0.309 e. The third kappa shape index (κ3) is 6.03. The summed E-state index contributed by atoms with van der Waals surface area (Å²) in [6.07, 6.45) is 6.29. The van der Waals surface area contributed by atoms with Gasteiger partial charge >= 0.3 is 11.9 Å². The van der Waals surface area contributed by atoms with Crippen molar-refractivity contribution in [2.45, 2.75) is 71.6 Å². The molecule has 0 heterocycles. The molecule has 4 heteroatoms. The van der Waals surface area contributed by atoms with Gasteiger partial charge in [0.25, 0.3) is 0 Å². The lowest BCUT2D eigenvalue weighted by Gasteiger charge is -2.28. The van der Waals surface area contributed by atoms with E-state index in [9.17, 15) is 14.7 Å². The highest BCUT2D eigenvalue weighted by molar-refractivity contribution is 5.74. The maximum atomic E-state index is 11.5. The molecular formula is C14H26O4. The molecule has 4 nitrogen and oxygen atoms in total. The molecule has 0 spiro atoms. The third-order valence-electron chi connectivity index (χ3n) is 3.46. The SMILES string of the molecule is CCCC(CCC)(CCCCCC(=O)O)C(=O)O. The fraction of sp³-hybridized carbons (Fsp3) is 0.857. The first-order valence-corrected chi connectivity index (χ1v) is 6.93. The molecular weight excluding hydrogens is 232 g/mol. The van der Waals surface area contributed by atoms with E-state index in [1.807, 2.05) is 13.8 Å². The van der Waals surface area contributed by atoms with Gasteiger partial charge in [-0.3, -0.25) is 9.59 Å². The Hall–Kier alpha value is -1.06. The Morgan fingerprint density at radius 1 is 0.889 bits per heavy atom. The molecule has 0 saturated heterocycles. The van der Waals surface area contributed by atoms with Crippen LogP contribution in [0.1, 0.15) is 71.6 Å². The Kier molecular flexibility index (Phi) is 8.42. The second-order valence-electron chi connectivity index (χ2n) is 5.04. The Morgan fingerprint density at radius 2 is 1.44 bits per heavy atom. The summed E-state index contributed by atoms with van der Waals surface area (Å²) in [6.45, 7) is 4.02. The highest BCUT2D eigenvalue weighted by atomic mass is 16.4. The maximum Gasteiger partial charge on any atom is 0.309 e. The molecule has 0 aromatic heterocycles. The van der Waals surface area contributed by atoms with Crippen LogP contribution < -0.4 is 0 Å². The van der Waals surface area contributed by atoms with E-state index in [0.717, 1.165) is 38.5 Å². The molecule has 0 radical (unpaired) electrons. The lowest BCUT2D eigenvalue weighted by Crippen LogP contribution is -2.31. The van der Waals surface area contributed by atoms with Gasteiger partial charge in [-0.1, -0.05) is 39.5 Å². The van der Waals surface area contributed by atoms with Gasteiger partial charge < -0.3 is 10.2 Å². The molecule has 18 heavy (non-hydrogen) atoms. The van der Waals surface area contributed by atoms with E-state index in [4.69, 9.17) is 5.11 Å². The molecule has 0 aliphatic carbocycles. The Balaban J connectivity index is 4.22. The summed E-state index contributed by atoms with van der Waals surface area (Å²) in [4.78, 5) is 21.9. The average Bonchev–Trinajstić information content (AvgIpc) is 2.28. The summed E-state index contributed by atoms with van der Waals surface area (Å²) >= 11 is 0. The molecule has 2 N–H and O–H groups in total. The largest absolute Gasteiger partial charge is 0.481 e. The standard InChI is InChI=1S/C14H26O4/c1-3-9-14(10-4-2,13(17)18)11-7-5-6-8-12(15)16/h3-11H2,1-2H3,(H,15,16)(H,17,18). The third-order valence-corrected chi connectivity index (χ3v) is 3.46. The van der Waals surface area contributed by atoms with Gasteiger partial charge in [0, 0.05) is 6.42 Å². The van der Waals surface area contributed by atoms with Crippen molar-refractivity contribution >= 4 is 11.9 Å². The van der Waals surface area contributed by atoms with Crippen molar-refractivity contribution < 1.29 is 19.8 Å². The molecule has 0 rings (SSSR count). The van der Waals surface area contributed by atoms with Crippen molar-refractivity contribution in [3.05, 3.63) is 0 Å². The molecule has 0 atom stereocenters. The number of hydrogen-bond acceptors (Lipinski definition) is 2. The molecule has 106 valence electrons. The zero-order chi connectivity index (χ0) is 14.0. The van der Waals surface area contributed by atoms with Gasteiger partial charge in [0.15, 0.2) is 0 Å². The van der Waals surface area contributed by atoms with Gasteiger partial charge in [-0.2, -0.15) is 0 Å². The second kappa shape index (κ2) is 8.95. The number of carbonyl (C=O) groups is 2. The number of rotatable bonds is 11. The molecule has 0 fully saturated rings. The Labute approximate surface area is 109 Å². The number of carboxylic acids is 2. The summed E-state index contributed by atoms with van der Waals surface area (Å²) in [5.41, 5.74) is -0.591. The fourth-order valence-electron chi connectivity index (χ4n) is 2.57. The van der Waals surface area contributed by atoms with Crippen molar-refractivity contribution in [3.8, 4) is 0 Å². The first-order chi connectivity index (χ1) is 8.48. The zero-order valence-corrected chi connectivity index (χ0v) is 11.6. The summed E-state index contributed by atoms with van der Waals surface area (Å²) in [7, 11) is 0. The van der Waals surface area contributed by atoms with Crippen LogP contribution in [-0.4, -0.2) is 22.2 Å². The molecule has 0 bridgehead atoms. The van der Waals surface area contributed by atoms with E-state index in [2.05, 4.69) is 0 Å². The normalized spacial score (nSPS) is 11.4. The first-order valence-electron chi connectivity index (χ1n) is 6.93. The van der Waals surface area contributed by atoms with Gasteiger partial charge in [-0.15, -0.1) is 0 Å². The van der Waals surface area contributed by atoms with Crippen LogP contribution in [0, 0.1) is 5.41 Å². The van der Waals surface area contributed by atoms with E-state index in [1.165, 1.54) is 0 Å². The summed E-state index contributed by atoms with van der Waals surface area (Å²) in [5, 5.41) is 18.0. The van der Waals surface area contributed by atoms with Crippen molar-refractivity contribution in [2.75, 3.05) is 0 Å². The number of carboxylic acid groups (broad SMARTS) is 2. The van der Waals surface area contributed by atoms with Gasteiger partial charge in [-0.05, 0) is 25.7 Å². The van der Waals surface area contributed by atoms with Crippen LogP contribution in [0.5, 0.6) is 0 Å². The monoisotopic (exact) mass is 258 g/mol. The van der Waals surface area contributed by atoms with Crippen molar-refractivity contribution in [2.24, 2.45) is 5.41 Å². The maximum absolute atomic E-state index is 11.5. The van der Waals surface area contributed by atoms with Crippen molar-refractivity contribution in [1.82, 2.24) is 0 Å². The van der Waals surface area contributed by atoms with Gasteiger partial charge in [0.1, 0.15) is 0 Å². The summed E-state index contributed by atoms with van der Waals surface area (Å²) in [5.74, 6) is -1.47. The molecule has 0 amide bonds. The molecule has 0 saturated carbocycles. The van der Waals surface area contributed by atoms with Crippen molar-refractivity contribution in [3.63, 3.8) is 0 Å². The summed E-state index contributed by atoms with van der Waals surface area (Å²) in [6, 6.07) is 0. The first kappa shape index (κ1) is 16.9. The number of aliphatic carboxylic acids is 2. The quantitative estimate of drug-likeness (QED) is 0.554. The van der Waals surface area contributed by atoms with E-state index in [-0.39, 0.29) is 6.42 Å². The molecule has 0 unspecified atom stereocenters. The molecule has 0 aromatic carbocycles. The van der Waals surface area contributed by atoms with Crippen LogP contribution in [0.4, 0.5) is 0 Å². The Morgan fingerprint density at radius 3 is 1.83 bits per heavy atom. The number of hydrogen-bond donors (Lipinski definition) is 2. The van der Waals surface area contributed by atoms with Crippen LogP contribution in [0.2, 0.25) is 0 Å². The fourth-order valence-corrected chi connectivity index (χ4v) is 2.57. The predicted molar refractivity (Wildman–Crippen MR) is 70.6 cm³/mol. The van der Waals surface area contributed by atoms with E-state index in [1.54, 1.807) is 0 Å². The summed E-state index contributed by atoms with van der Waals surface area (Å²) < 4.78 is 0. The zero-order valence-electron chi connectivity index (χ0n) is 11.6. The van der Waals surface area contributed by atoms with Gasteiger partial charge in [0.2, 0.25) is 0 Å². The highest BCUT2D eigenvalue weighted by Crippen LogP contribution is 2.36. The molecule has 0 aliphatic rings. The minimum absolute atomic E-state index is 0.182. The van der Waals surface area contributed by atoms with Crippen LogP contribution in [0.15, 0.2) is 0 Å². The van der Waals surface area contributed by atoms with Gasteiger partial charge in [0.05, 0.1) is 5.41 Å². The lowest BCUT2D eigenvalue weighted by atomic mass is 9.75. The van der Waals surface area contributed by atoms with E-state index < -0.39 is 17.4 Å². The second-order valence-corrected chi connectivity index (χ2v) is 5.04. The minimum atomic E-state index is -0.776. The van der Waals surface area contributed by atoms with Crippen LogP contribution in [0.3, 0.4) is 0 Å². The average molecular weight is 258 g/mol. The number of unbranched alkanes of at least 4 members (excludes halogenated alkanes) is 2. The lowest BCUT2D eigenvalue weighted by molar-refractivity contribution is -0.150. The van der Waals surface area contributed by atoms with Gasteiger partial charge in [-0.25, -0.2) is 0 Å². The molecule has 0 aliphatic heterocycles. The minimum Gasteiger partial charge on any atom is -0.481 e. The van der Waals surface area contributed by atoms with E-state index in [0.29, 0.717) is 12.8 Å².